The molecule has 4 rings (SSSR count). The molecule has 2 nitrogen and oxygen atoms in total. The first-order valence-electron chi connectivity index (χ1n) is 8.35. The zero-order valence-corrected chi connectivity index (χ0v) is 14.7. The molecule has 1 aliphatic heterocycles. The molecule has 0 fully saturated rings. The molecule has 0 spiro atoms. The summed E-state index contributed by atoms with van der Waals surface area (Å²) >= 11 is 6.23. The second kappa shape index (κ2) is 6.38. The van der Waals surface area contributed by atoms with Crippen molar-refractivity contribution < 1.29 is 4.79 Å². The van der Waals surface area contributed by atoms with Crippen molar-refractivity contribution in [2.24, 2.45) is 0 Å². The van der Waals surface area contributed by atoms with Crippen molar-refractivity contribution in [1.82, 2.24) is 0 Å². The van der Waals surface area contributed by atoms with Gasteiger partial charge >= 0.3 is 0 Å². The molecule has 0 radical (unpaired) electrons. The van der Waals surface area contributed by atoms with Crippen LogP contribution >= 0.6 is 11.6 Å². The van der Waals surface area contributed by atoms with E-state index in [9.17, 15) is 4.79 Å². The maximum Gasteiger partial charge on any atom is 0.239 e. The number of aryl methyl sites for hydroxylation is 1. The van der Waals surface area contributed by atoms with Crippen molar-refractivity contribution in [3.05, 3.63) is 100 Å². The Bertz CT molecular complexity index is 919. The Labute approximate surface area is 152 Å². The van der Waals surface area contributed by atoms with Gasteiger partial charge in [-0.1, -0.05) is 71.8 Å². The highest BCUT2D eigenvalue weighted by molar-refractivity contribution is 6.31. The van der Waals surface area contributed by atoms with Crippen molar-refractivity contribution in [3.63, 3.8) is 0 Å². The van der Waals surface area contributed by atoms with Crippen LogP contribution in [-0.4, -0.2) is 5.91 Å². The van der Waals surface area contributed by atoms with Crippen LogP contribution in [0.1, 0.15) is 28.2 Å². The minimum atomic E-state index is -0.294. The lowest BCUT2D eigenvalue weighted by molar-refractivity contribution is -0.118. The Kier molecular flexibility index (Phi) is 4.06. The molecule has 25 heavy (non-hydrogen) atoms. The molecule has 0 N–H and O–H groups in total. The van der Waals surface area contributed by atoms with Gasteiger partial charge in [-0.05, 0) is 41.8 Å². The van der Waals surface area contributed by atoms with E-state index in [2.05, 4.69) is 0 Å². The van der Waals surface area contributed by atoms with E-state index in [0.717, 1.165) is 22.4 Å². The Morgan fingerprint density at radius 1 is 0.960 bits per heavy atom. The molecule has 0 aromatic heterocycles. The van der Waals surface area contributed by atoms with Gasteiger partial charge in [0.15, 0.2) is 0 Å². The summed E-state index contributed by atoms with van der Waals surface area (Å²) in [4.78, 5) is 15.1. The number of nitrogens with zero attached hydrogens (tertiary/aromatic N) is 1. The van der Waals surface area contributed by atoms with Crippen LogP contribution in [0, 0.1) is 6.92 Å². The predicted molar refractivity (Wildman–Crippen MR) is 102 cm³/mol. The number of hydrogen-bond acceptors (Lipinski definition) is 1. The largest absolute Gasteiger partial charge is 0.307 e. The summed E-state index contributed by atoms with van der Waals surface area (Å²) in [7, 11) is 0. The van der Waals surface area contributed by atoms with Gasteiger partial charge in [0.05, 0.1) is 12.5 Å². The van der Waals surface area contributed by atoms with Gasteiger partial charge in [0, 0.05) is 10.7 Å². The van der Waals surface area contributed by atoms with E-state index in [-0.39, 0.29) is 11.8 Å². The van der Waals surface area contributed by atoms with E-state index >= 15 is 0 Å². The second-order valence-corrected chi connectivity index (χ2v) is 6.89. The Balaban J connectivity index is 1.78. The molecule has 0 saturated heterocycles. The van der Waals surface area contributed by atoms with E-state index in [1.807, 2.05) is 84.6 Å². The maximum absolute atomic E-state index is 13.2. The van der Waals surface area contributed by atoms with Gasteiger partial charge in [0.2, 0.25) is 5.91 Å². The summed E-state index contributed by atoms with van der Waals surface area (Å²) in [5.74, 6) is -0.192. The molecule has 1 aliphatic rings. The molecular weight excluding hydrogens is 330 g/mol. The Morgan fingerprint density at radius 2 is 1.68 bits per heavy atom. The number of hydrogen-bond donors (Lipinski definition) is 0. The average molecular weight is 348 g/mol. The number of rotatable bonds is 3. The van der Waals surface area contributed by atoms with E-state index < -0.39 is 0 Å². The summed E-state index contributed by atoms with van der Waals surface area (Å²) < 4.78 is 0. The van der Waals surface area contributed by atoms with Gasteiger partial charge in [-0.3, -0.25) is 4.79 Å². The first kappa shape index (κ1) is 15.9. The van der Waals surface area contributed by atoms with Gasteiger partial charge in [-0.15, -0.1) is 0 Å². The topological polar surface area (TPSA) is 20.3 Å². The van der Waals surface area contributed by atoms with Gasteiger partial charge in [-0.2, -0.15) is 0 Å². The second-order valence-electron chi connectivity index (χ2n) is 6.46. The zero-order valence-electron chi connectivity index (χ0n) is 13.9. The van der Waals surface area contributed by atoms with Crippen LogP contribution in [-0.2, 0) is 11.3 Å². The zero-order chi connectivity index (χ0) is 17.4. The molecule has 0 aliphatic carbocycles. The lowest BCUT2D eigenvalue weighted by atomic mass is 9.92. The van der Waals surface area contributed by atoms with E-state index in [1.54, 1.807) is 0 Å². The molecule has 1 amide bonds. The van der Waals surface area contributed by atoms with Crippen molar-refractivity contribution in [2.45, 2.75) is 19.4 Å². The summed E-state index contributed by atoms with van der Waals surface area (Å²) in [6, 6.07) is 24.0. The van der Waals surface area contributed by atoms with Crippen LogP contribution in [0.25, 0.3) is 0 Å². The van der Waals surface area contributed by atoms with Crippen LogP contribution in [0.5, 0.6) is 0 Å². The minimum Gasteiger partial charge on any atom is -0.307 e. The number of halogens is 1. The third-order valence-electron chi connectivity index (χ3n) is 4.70. The van der Waals surface area contributed by atoms with Crippen molar-refractivity contribution in [3.8, 4) is 0 Å². The SMILES string of the molecule is Cc1ccc(C2C(=O)N(Cc3ccccc3)c3ccc(Cl)cc32)cc1. The molecule has 1 heterocycles. The molecular formula is C22H18ClNO. The van der Waals surface area contributed by atoms with Crippen LogP contribution in [0.4, 0.5) is 5.69 Å². The number of benzene rings is 3. The van der Waals surface area contributed by atoms with Crippen molar-refractivity contribution in [1.29, 1.82) is 0 Å². The van der Waals surface area contributed by atoms with E-state index in [4.69, 9.17) is 11.6 Å². The van der Waals surface area contributed by atoms with E-state index in [0.29, 0.717) is 11.6 Å². The van der Waals surface area contributed by atoms with Gasteiger partial charge < -0.3 is 4.90 Å². The fraction of sp³-hybridized carbons (Fsp3) is 0.136. The molecule has 1 atom stereocenters. The van der Waals surface area contributed by atoms with Gasteiger partial charge in [0.1, 0.15) is 0 Å². The van der Waals surface area contributed by atoms with Crippen LogP contribution in [0.3, 0.4) is 0 Å². The van der Waals surface area contributed by atoms with Crippen molar-refractivity contribution >= 4 is 23.2 Å². The van der Waals surface area contributed by atoms with Crippen LogP contribution in [0.15, 0.2) is 72.8 Å². The molecule has 0 bridgehead atoms. The van der Waals surface area contributed by atoms with Gasteiger partial charge in [-0.25, -0.2) is 0 Å². The van der Waals surface area contributed by atoms with Gasteiger partial charge in [0.25, 0.3) is 0 Å². The fourth-order valence-electron chi connectivity index (χ4n) is 3.42. The third kappa shape index (κ3) is 2.94. The monoisotopic (exact) mass is 347 g/mol. The average Bonchev–Trinajstić information content (AvgIpc) is 2.88. The number of carbonyl (C=O) groups excluding carboxylic acids is 1. The molecule has 3 heteroatoms. The summed E-state index contributed by atoms with van der Waals surface area (Å²) in [5, 5.41) is 0.658. The van der Waals surface area contributed by atoms with Crippen LogP contribution in [0.2, 0.25) is 5.02 Å². The minimum absolute atomic E-state index is 0.102. The lowest BCUT2D eigenvalue weighted by Gasteiger charge is -2.18. The highest BCUT2D eigenvalue weighted by Gasteiger charge is 2.38. The number of anilines is 1. The smallest absolute Gasteiger partial charge is 0.239 e. The number of fused-ring (bicyclic) bond motifs is 1. The molecule has 0 saturated carbocycles. The molecule has 3 aromatic rings. The maximum atomic E-state index is 13.2. The molecule has 1 unspecified atom stereocenters. The standard InChI is InChI=1S/C22H18ClNO/c1-15-7-9-17(10-8-15)21-19-13-18(23)11-12-20(19)24(22(21)25)14-16-5-3-2-4-6-16/h2-13,21H,14H2,1H3. The lowest BCUT2D eigenvalue weighted by Crippen LogP contribution is -2.28. The molecule has 3 aromatic carbocycles. The quantitative estimate of drug-likeness (QED) is 0.627. The highest BCUT2D eigenvalue weighted by atomic mass is 35.5. The summed E-state index contributed by atoms with van der Waals surface area (Å²) in [6.45, 7) is 2.61. The van der Waals surface area contributed by atoms with Crippen LogP contribution < -0.4 is 4.90 Å². The number of amides is 1. The highest BCUT2D eigenvalue weighted by Crippen LogP contribution is 2.43. The summed E-state index contributed by atoms with van der Waals surface area (Å²) in [5.41, 5.74) is 5.23. The molecule has 124 valence electrons. The van der Waals surface area contributed by atoms with Crippen molar-refractivity contribution in [2.75, 3.05) is 4.90 Å². The normalized spacial score (nSPS) is 16.2. The first-order valence-corrected chi connectivity index (χ1v) is 8.72. The third-order valence-corrected chi connectivity index (χ3v) is 4.93. The Hall–Kier alpha value is -2.58. The fourth-order valence-corrected chi connectivity index (χ4v) is 3.60. The first-order chi connectivity index (χ1) is 12.1. The predicted octanol–water partition coefficient (Wildman–Crippen LogP) is 5.33. The Morgan fingerprint density at radius 3 is 2.40 bits per heavy atom. The summed E-state index contributed by atoms with van der Waals surface area (Å²) in [6.07, 6.45) is 0. The number of carbonyl (C=O) groups is 1. The van der Waals surface area contributed by atoms with E-state index in [1.165, 1.54) is 5.56 Å².